The van der Waals surface area contributed by atoms with Crippen molar-refractivity contribution in [2.24, 2.45) is 0 Å². The van der Waals surface area contributed by atoms with Gasteiger partial charge in [0.15, 0.2) is 0 Å². The van der Waals surface area contributed by atoms with Gasteiger partial charge in [0.2, 0.25) is 0 Å². The molecule has 0 aliphatic heterocycles. The lowest BCUT2D eigenvalue weighted by atomic mass is 10.2. The number of halogens is 1. The number of methoxy groups -OCH3 is 1. The number of rotatable bonds is 2. The number of benzene rings is 1. The first-order valence-corrected chi connectivity index (χ1v) is 6.54. The van der Waals surface area contributed by atoms with Gasteiger partial charge in [-0.05, 0) is 29.2 Å². The fourth-order valence-corrected chi connectivity index (χ4v) is 3.45. The van der Waals surface area contributed by atoms with E-state index in [0.717, 1.165) is 25.8 Å². The molecule has 0 fully saturated rings. The van der Waals surface area contributed by atoms with E-state index in [1.165, 1.54) is 0 Å². The van der Waals surface area contributed by atoms with E-state index in [-0.39, 0.29) is 0 Å². The summed E-state index contributed by atoms with van der Waals surface area (Å²) in [7, 11) is 1.67. The van der Waals surface area contributed by atoms with Crippen LogP contribution in [0.4, 0.5) is 0 Å². The molecule has 2 aromatic rings. The lowest BCUT2D eigenvalue weighted by Crippen LogP contribution is -1.86. The number of thioether (sulfide) groups is 1. The summed E-state index contributed by atoms with van der Waals surface area (Å²) in [6, 6.07) is 4.09. The number of hydrogen-bond donors (Lipinski definition) is 0. The lowest BCUT2D eigenvalue weighted by molar-refractivity contribution is 0.405. The first-order valence-electron chi connectivity index (χ1n) is 4.05. The highest BCUT2D eigenvalue weighted by Gasteiger charge is 2.12. The van der Waals surface area contributed by atoms with Gasteiger partial charge in [-0.25, -0.2) is 0 Å². The number of ether oxygens (including phenoxy) is 1. The van der Waals surface area contributed by atoms with E-state index in [9.17, 15) is 0 Å². The number of thiophene rings is 1. The zero-order chi connectivity index (χ0) is 10.1. The molecule has 4 heteroatoms. The summed E-state index contributed by atoms with van der Waals surface area (Å²) >= 11 is 9.55. The van der Waals surface area contributed by atoms with Crippen LogP contribution in [-0.2, 0) is 0 Å². The Morgan fingerprint density at radius 1 is 1.50 bits per heavy atom. The molecule has 0 saturated heterocycles. The molecule has 2 rings (SSSR count). The standard InChI is InChI=1S/C10H9ClOS2/c1-12-7-5-6-3-4-14-9(6)8(11)10(7)13-2/h3-5H,1-2H3. The van der Waals surface area contributed by atoms with Crippen molar-refractivity contribution < 1.29 is 4.74 Å². The fourth-order valence-electron chi connectivity index (χ4n) is 1.37. The van der Waals surface area contributed by atoms with Crippen LogP contribution in [0.25, 0.3) is 10.1 Å². The van der Waals surface area contributed by atoms with E-state index in [4.69, 9.17) is 16.3 Å². The molecule has 0 radical (unpaired) electrons. The molecule has 1 nitrogen and oxygen atoms in total. The lowest BCUT2D eigenvalue weighted by Gasteiger charge is -2.08. The zero-order valence-corrected chi connectivity index (χ0v) is 10.2. The van der Waals surface area contributed by atoms with Crippen molar-refractivity contribution in [1.29, 1.82) is 0 Å². The Morgan fingerprint density at radius 2 is 2.29 bits per heavy atom. The first kappa shape index (κ1) is 10.1. The average molecular weight is 245 g/mol. The van der Waals surface area contributed by atoms with E-state index in [1.54, 1.807) is 30.2 Å². The molecule has 0 N–H and O–H groups in total. The third kappa shape index (κ3) is 1.49. The minimum absolute atomic E-state index is 0.807. The molecular weight excluding hydrogens is 236 g/mol. The molecule has 1 aromatic carbocycles. The van der Waals surface area contributed by atoms with Crippen molar-refractivity contribution in [1.82, 2.24) is 0 Å². The maximum absolute atomic E-state index is 6.28. The summed E-state index contributed by atoms with van der Waals surface area (Å²) in [5.41, 5.74) is 0. The van der Waals surface area contributed by atoms with E-state index < -0.39 is 0 Å². The van der Waals surface area contributed by atoms with Gasteiger partial charge < -0.3 is 4.74 Å². The molecule has 1 aromatic heterocycles. The Hall–Kier alpha value is -0.380. The minimum Gasteiger partial charge on any atom is -0.496 e. The predicted octanol–water partition coefficient (Wildman–Crippen LogP) is 4.29. The molecule has 0 bridgehead atoms. The van der Waals surface area contributed by atoms with Crippen molar-refractivity contribution in [2.75, 3.05) is 13.4 Å². The predicted molar refractivity (Wildman–Crippen MR) is 65.2 cm³/mol. The average Bonchev–Trinajstić information content (AvgIpc) is 2.65. The molecule has 0 saturated carbocycles. The minimum atomic E-state index is 0.807. The normalized spacial score (nSPS) is 10.8. The molecule has 74 valence electrons. The first-order chi connectivity index (χ1) is 6.77. The maximum Gasteiger partial charge on any atom is 0.134 e. The molecule has 1 heterocycles. The molecule has 0 spiro atoms. The van der Waals surface area contributed by atoms with Crippen LogP contribution in [0.3, 0.4) is 0 Å². The Bertz CT molecular complexity index is 464. The summed E-state index contributed by atoms with van der Waals surface area (Å²) in [6.07, 6.45) is 2.00. The van der Waals surface area contributed by atoms with Crippen molar-refractivity contribution in [2.45, 2.75) is 4.90 Å². The van der Waals surface area contributed by atoms with E-state index in [0.29, 0.717) is 0 Å². The van der Waals surface area contributed by atoms with Crippen LogP contribution in [0, 0.1) is 0 Å². The van der Waals surface area contributed by atoms with Crippen molar-refractivity contribution in [3.05, 3.63) is 22.5 Å². The van der Waals surface area contributed by atoms with Crippen LogP contribution in [-0.4, -0.2) is 13.4 Å². The van der Waals surface area contributed by atoms with Crippen LogP contribution < -0.4 is 4.74 Å². The quantitative estimate of drug-likeness (QED) is 0.729. The van der Waals surface area contributed by atoms with Crippen LogP contribution in [0.2, 0.25) is 5.02 Å². The summed E-state index contributed by atoms with van der Waals surface area (Å²) < 4.78 is 6.43. The van der Waals surface area contributed by atoms with Gasteiger partial charge in [0.1, 0.15) is 5.75 Å². The van der Waals surface area contributed by atoms with Crippen molar-refractivity contribution >= 4 is 44.8 Å². The summed E-state index contributed by atoms with van der Waals surface area (Å²) in [5.74, 6) is 0.855. The van der Waals surface area contributed by atoms with Gasteiger partial charge >= 0.3 is 0 Å². The highest BCUT2D eigenvalue weighted by molar-refractivity contribution is 7.98. The summed E-state index contributed by atoms with van der Waals surface area (Å²) in [4.78, 5) is 1.02. The van der Waals surface area contributed by atoms with Crippen LogP contribution in [0.5, 0.6) is 5.75 Å². The highest BCUT2D eigenvalue weighted by Crippen LogP contribution is 2.42. The number of fused-ring (bicyclic) bond motifs is 1. The monoisotopic (exact) mass is 244 g/mol. The SMILES string of the molecule is COc1cc2ccsc2c(Cl)c1SC. The second-order valence-electron chi connectivity index (χ2n) is 2.77. The Morgan fingerprint density at radius 3 is 2.93 bits per heavy atom. The van der Waals surface area contributed by atoms with E-state index in [2.05, 4.69) is 6.07 Å². The molecule has 0 amide bonds. The summed E-state index contributed by atoms with van der Waals surface area (Å²) in [5, 5.41) is 4.00. The second-order valence-corrected chi connectivity index (χ2v) is 4.88. The van der Waals surface area contributed by atoms with Crippen LogP contribution >= 0.6 is 34.7 Å². The molecule has 0 unspecified atom stereocenters. The maximum atomic E-state index is 6.28. The highest BCUT2D eigenvalue weighted by atomic mass is 35.5. The van der Waals surface area contributed by atoms with Crippen LogP contribution in [0.1, 0.15) is 0 Å². The van der Waals surface area contributed by atoms with Gasteiger partial charge in [0.25, 0.3) is 0 Å². The van der Waals surface area contributed by atoms with Crippen LogP contribution in [0.15, 0.2) is 22.4 Å². The van der Waals surface area contributed by atoms with E-state index >= 15 is 0 Å². The molecule has 0 aliphatic carbocycles. The van der Waals surface area contributed by atoms with Gasteiger partial charge in [0, 0.05) is 0 Å². The largest absolute Gasteiger partial charge is 0.496 e. The second kappa shape index (κ2) is 4.01. The third-order valence-electron chi connectivity index (χ3n) is 2.03. The van der Waals surface area contributed by atoms with Crippen molar-refractivity contribution in [3.8, 4) is 5.75 Å². The number of hydrogen-bond acceptors (Lipinski definition) is 3. The van der Waals surface area contributed by atoms with Gasteiger partial charge in [0.05, 0.1) is 21.7 Å². The molecule has 0 atom stereocenters. The smallest absolute Gasteiger partial charge is 0.134 e. The molecule has 14 heavy (non-hydrogen) atoms. The van der Waals surface area contributed by atoms with Gasteiger partial charge in [-0.15, -0.1) is 23.1 Å². The molecular formula is C10H9ClOS2. The third-order valence-corrected chi connectivity index (χ3v) is 4.39. The van der Waals surface area contributed by atoms with Crippen molar-refractivity contribution in [3.63, 3.8) is 0 Å². The Labute approximate surface area is 96.0 Å². The molecule has 0 aliphatic rings. The topological polar surface area (TPSA) is 9.23 Å². The van der Waals surface area contributed by atoms with Gasteiger partial charge in [-0.2, -0.15) is 0 Å². The van der Waals surface area contributed by atoms with E-state index in [1.807, 2.05) is 17.7 Å². The Balaban J connectivity index is 2.79. The summed E-state index contributed by atoms with van der Waals surface area (Å²) in [6.45, 7) is 0. The van der Waals surface area contributed by atoms with Gasteiger partial charge in [-0.3, -0.25) is 0 Å². The van der Waals surface area contributed by atoms with Gasteiger partial charge in [-0.1, -0.05) is 11.6 Å². The Kier molecular flexibility index (Phi) is 2.91. The zero-order valence-electron chi connectivity index (χ0n) is 7.83. The fraction of sp³-hybridized carbons (Fsp3) is 0.200.